The summed E-state index contributed by atoms with van der Waals surface area (Å²) in [5.41, 5.74) is -0.581. The molecule has 1 aromatic heterocycles. The third-order valence-corrected chi connectivity index (χ3v) is 2.97. The first-order valence-electron chi connectivity index (χ1n) is 5.71. The molecule has 1 aliphatic heterocycles. The number of likely N-dealkylation sites (tertiary alicyclic amines) is 1. The summed E-state index contributed by atoms with van der Waals surface area (Å²) in [4.78, 5) is 38.9. The molecule has 1 aliphatic rings. The quantitative estimate of drug-likeness (QED) is 0.674. The normalized spacial score (nSPS) is 22.5. The van der Waals surface area contributed by atoms with Crippen molar-refractivity contribution in [1.82, 2.24) is 14.5 Å². The number of β-amino-alcohol motifs (C(OH)–C–C–N with tert-alkyl or cyclic N) is 1. The van der Waals surface area contributed by atoms with Crippen LogP contribution in [0.4, 0.5) is 0 Å². The number of hydrogen-bond donors (Lipinski definition) is 2. The first-order chi connectivity index (χ1) is 8.99. The second kappa shape index (κ2) is 5.19. The maximum absolute atomic E-state index is 12.0. The predicted molar refractivity (Wildman–Crippen MR) is 62.3 cm³/mol. The molecule has 0 aliphatic carbocycles. The molecule has 2 heterocycles. The van der Waals surface area contributed by atoms with E-state index in [1.807, 2.05) is 0 Å². The van der Waals surface area contributed by atoms with Gasteiger partial charge in [0.05, 0.1) is 6.10 Å². The molecule has 1 aromatic rings. The maximum Gasteiger partial charge on any atom is 0.347 e. The van der Waals surface area contributed by atoms with Gasteiger partial charge in [0.1, 0.15) is 12.6 Å². The van der Waals surface area contributed by atoms with Crippen molar-refractivity contribution in [2.75, 3.05) is 6.54 Å². The monoisotopic (exact) mass is 267 g/mol. The summed E-state index contributed by atoms with van der Waals surface area (Å²) in [6.07, 6.45) is 1.86. The molecular formula is C11H13N3O5. The minimum atomic E-state index is -1.16. The zero-order valence-corrected chi connectivity index (χ0v) is 9.97. The summed E-state index contributed by atoms with van der Waals surface area (Å²) in [5.74, 6) is -1.69. The Kier molecular flexibility index (Phi) is 3.61. The lowest BCUT2D eigenvalue weighted by atomic mass is 10.2. The van der Waals surface area contributed by atoms with Crippen molar-refractivity contribution in [3.63, 3.8) is 0 Å². The van der Waals surface area contributed by atoms with Crippen molar-refractivity contribution in [1.29, 1.82) is 0 Å². The van der Waals surface area contributed by atoms with Crippen LogP contribution in [0.3, 0.4) is 0 Å². The Bertz CT molecular complexity index is 555. The van der Waals surface area contributed by atoms with Crippen LogP contribution in [0.15, 0.2) is 23.3 Å². The second-order valence-electron chi connectivity index (χ2n) is 4.32. The van der Waals surface area contributed by atoms with Gasteiger partial charge in [0.2, 0.25) is 5.91 Å². The molecule has 0 bridgehead atoms. The van der Waals surface area contributed by atoms with E-state index in [1.165, 1.54) is 18.5 Å². The van der Waals surface area contributed by atoms with Crippen molar-refractivity contribution in [2.24, 2.45) is 0 Å². The van der Waals surface area contributed by atoms with Gasteiger partial charge in [-0.05, 0) is 6.07 Å². The smallest absolute Gasteiger partial charge is 0.347 e. The van der Waals surface area contributed by atoms with Crippen molar-refractivity contribution < 1.29 is 19.8 Å². The van der Waals surface area contributed by atoms with Crippen molar-refractivity contribution >= 4 is 11.9 Å². The molecule has 1 amide bonds. The van der Waals surface area contributed by atoms with Gasteiger partial charge in [0.25, 0.3) is 0 Å². The molecule has 2 atom stereocenters. The van der Waals surface area contributed by atoms with E-state index in [2.05, 4.69) is 4.98 Å². The minimum absolute atomic E-state index is 0.00299. The van der Waals surface area contributed by atoms with E-state index in [9.17, 15) is 19.5 Å². The van der Waals surface area contributed by atoms with Crippen LogP contribution in [0, 0.1) is 0 Å². The highest BCUT2D eigenvalue weighted by Gasteiger charge is 2.38. The van der Waals surface area contributed by atoms with Gasteiger partial charge in [-0.3, -0.25) is 9.36 Å². The van der Waals surface area contributed by atoms with Crippen molar-refractivity contribution in [2.45, 2.75) is 25.1 Å². The average molecular weight is 267 g/mol. The summed E-state index contributed by atoms with van der Waals surface area (Å²) in [6, 6.07) is 0.456. The van der Waals surface area contributed by atoms with Crippen LogP contribution in [0.1, 0.15) is 6.42 Å². The molecule has 1 fully saturated rings. The third kappa shape index (κ3) is 2.79. The predicted octanol–water partition coefficient (Wildman–Crippen LogP) is -1.71. The van der Waals surface area contributed by atoms with E-state index < -0.39 is 29.7 Å². The molecule has 2 rings (SSSR count). The lowest BCUT2D eigenvalue weighted by Crippen LogP contribution is -2.43. The Hall–Kier alpha value is -2.22. The van der Waals surface area contributed by atoms with E-state index in [4.69, 9.17) is 5.11 Å². The summed E-state index contributed by atoms with van der Waals surface area (Å²) < 4.78 is 1.09. The standard InChI is InChI=1S/C11H13N3O5/c15-7-4-8(10(17)18)14(5-7)9(16)6-13-3-1-2-12-11(13)19/h1-3,7-8,15H,4-6H2,(H,17,18)/t7-,8+/m1/s1. The van der Waals surface area contributed by atoms with Crippen LogP contribution in [0.5, 0.6) is 0 Å². The van der Waals surface area contributed by atoms with Crippen molar-refractivity contribution in [3.05, 3.63) is 28.9 Å². The van der Waals surface area contributed by atoms with E-state index in [-0.39, 0.29) is 19.5 Å². The molecule has 0 unspecified atom stereocenters. The van der Waals surface area contributed by atoms with Gasteiger partial charge in [-0.15, -0.1) is 0 Å². The Morgan fingerprint density at radius 3 is 2.84 bits per heavy atom. The number of nitrogens with zero attached hydrogens (tertiary/aromatic N) is 3. The van der Waals surface area contributed by atoms with Crippen LogP contribution in [0.25, 0.3) is 0 Å². The van der Waals surface area contributed by atoms with Crippen LogP contribution < -0.4 is 5.69 Å². The molecule has 1 saturated heterocycles. The number of carbonyl (C=O) groups is 2. The summed E-state index contributed by atoms with van der Waals surface area (Å²) in [6.45, 7) is -0.325. The number of aliphatic carboxylic acids is 1. The van der Waals surface area contributed by atoms with E-state index in [0.717, 1.165) is 9.47 Å². The van der Waals surface area contributed by atoms with Crippen LogP contribution in [0.2, 0.25) is 0 Å². The molecule has 19 heavy (non-hydrogen) atoms. The number of amides is 1. The number of aliphatic hydroxyl groups is 1. The van der Waals surface area contributed by atoms with Gasteiger partial charge in [-0.1, -0.05) is 0 Å². The zero-order valence-electron chi connectivity index (χ0n) is 9.97. The Morgan fingerprint density at radius 1 is 1.47 bits per heavy atom. The lowest BCUT2D eigenvalue weighted by molar-refractivity contribution is -0.148. The van der Waals surface area contributed by atoms with Crippen LogP contribution in [-0.2, 0) is 16.1 Å². The number of carbonyl (C=O) groups excluding carboxylic acids is 1. The Balaban J connectivity index is 2.14. The highest BCUT2D eigenvalue weighted by molar-refractivity contribution is 5.84. The van der Waals surface area contributed by atoms with Gasteiger partial charge < -0.3 is 15.1 Å². The Labute approximate surface area is 107 Å². The molecule has 102 valence electrons. The number of carboxylic acid groups (broad SMARTS) is 1. The topological polar surface area (TPSA) is 113 Å². The molecular weight excluding hydrogens is 254 g/mol. The molecule has 0 saturated carbocycles. The van der Waals surface area contributed by atoms with Gasteiger partial charge in [0, 0.05) is 25.4 Å². The highest BCUT2D eigenvalue weighted by atomic mass is 16.4. The first-order valence-corrected chi connectivity index (χ1v) is 5.71. The molecule has 0 radical (unpaired) electrons. The zero-order chi connectivity index (χ0) is 14.0. The van der Waals surface area contributed by atoms with Gasteiger partial charge in [0.15, 0.2) is 0 Å². The van der Waals surface area contributed by atoms with Crippen LogP contribution >= 0.6 is 0 Å². The number of hydrogen-bond acceptors (Lipinski definition) is 5. The number of aliphatic hydroxyl groups excluding tert-OH is 1. The molecule has 0 spiro atoms. The van der Waals surface area contributed by atoms with E-state index in [1.54, 1.807) is 0 Å². The SMILES string of the molecule is O=C(O)[C@@H]1C[C@@H](O)CN1C(=O)Cn1cccnc1=O. The summed E-state index contributed by atoms with van der Waals surface area (Å²) >= 11 is 0. The van der Waals surface area contributed by atoms with Crippen LogP contribution in [-0.4, -0.2) is 55.2 Å². The molecule has 2 N–H and O–H groups in total. The third-order valence-electron chi connectivity index (χ3n) is 2.97. The minimum Gasteiger partial charge on any atom is -0.480 e. The lowest BCUT2D eigenvalue weighted by Gasteiger charge is -2.21. The van der Waals surface area contributed by atoms with E-state index >= 15 is 0 Å². The number of carboxylic acids is 1. The summed E-state index contributed by atoms with van der Waals surface area (Å²) in [5, 5.41) is 18.4. The van der Waals surface area contributed by atoms with Gasteiger partial charge >= 0.3 is 11.7 Å². The number of aromatic nitrogens is 2. The van der Waals surface area contributed by atoms with Gasteiger partial charge in [-0.2, -0.15) is 0 Å². The fraction of sp³-hybridized carbons (Fsp3) is 0.455. The average Bonchev–Trinajstić information content (AvgIpc) is 2.74. The molecule has 8 nitrogen and oxygen atoms in total. The highest BCUT2D eigenvalue weighted by Crippen LogP contribution is 2.18. The summed E-state index contributed by atoms with van der Waals surface area (Å²) in [7, 11) is 0. The largest absolute Gasteiger partial charge is 0.480 e. The first kappa shape index (κ1) is 13.2. The molecule has 0 aromatic carbocycles. The van der Waals surface area contributed by atoms with Crippen molar-refractivity contribution in [3.8, 4) is 0 Å². The maximum atomic E-state index is 12.0. The molecule has 8 heteroatoms. The number of rotatable bonds is 3. The fourth-order valence-electron chi connectivity index (χ4n) is 2.07. The Morgan fingerprint density at radius 2 is 2.21 bits per heavy atom. The second-order valence-corrected chi connectivity index (χ2v) is 4.32. The van der Waals surface area contributed by atoms with Gasteiger partial charge in [-0.25, -0.2) is 14.6 Å². The van der Waals surface area contributed by atoms with E-state index in [0.29, 0.717) is 0 Å². The fourth-order valence-corrected chi connectivity index (χ4v) is 2.07.